The fourth-order valence-electron chi connectivity index (χ4n) is 1.90. The summed E-state index contributed by atoms with van der Waals surface area (Å²) >= 11 is 0. The Bertz CT molecular complexity index is 750. The van der Waals surface area contributed by atoms with Gasteiger partial charge in [-0.25, -0.2) is 9.78 Å². The third-order valence-corrected chi connectivity index (χ3v) is 2.97. The Labute approximate surface area is 126 Å². The van der Waals surface area contributed by atoms with Gasteiger partial charge in [-0.3, -0.25) is 10.00 Å². The van der Waals surface area contributed by atoms with Crippen LogP contribution in [0.1, 0.15) is 5.56 Å². The number of aryl methyl sites for hydroxylation is 1. The van der Waals surface area contributed by atoms with E-state index in [0.29, 0.717) is 17.4 Å². The summed E-state index contributed by atoms with van der Waals surface area (Å²) in [5.41, 5.74) is 1.45. The largest absolute Gasteiger partial charge is 0.444 e. The summed E-state index contributed by atoms with van der Waals surface area (Å²) in [7, 11) is 1.71. The molecule has 7 heteroatoms. The molecule has 7 nitrogen and oxygen atoms in total. The Morgan fingerprint density at radius 3 is 2.91 bits per heavy atom. The van der Waals surface area contributed by atoms with Crippen LogP contribution >= 0.6 is 0 Å². The second kappa shape index (κ2) is 6.13. The summed E-state index contributed by atoms with van der Waals surface area (Å²) in [5, 5.41) is 6.85. The molecule has 0 aliphatic rings. The number of benzene rings is 1. The monoisotopic (exact) mass is 298 g/mol. The number of nitrogens with zero attached hydrogens (tertiary/aromatic N) is 3. The summed E-state index contributed by atoms with van der Waals surface area (Å²) in [5.74, 6) is 0.882. The molecular formula is C15H14N4O3. The normalized spacial score (nSPS) is 10.4. The third kappa shape index (κ3) is 3.14. The quantitative estimate of drug-likeness (QED) is 0.801. The van der Waals surface area contributed by atoms with Gasteiger partial charge in [0.25, 0.3) is 0 Å². The van der Waals surface area contributed by atoms with Crippen LogP contribution in [0.3, 0.4) is 0 Å². The molecule has 22 heavy (non-hydrogen) atoms. The molecule has 1 aromatic carbocycles. The van der Waals surface area contributed by atoms with Crippen LogP contribution in [-0.2, 0) is 18.4 Å². The maximum atomic E-state index is 11.8. The molecule has 3 aromatic rings. The molecule has 0 aliphatic carbocycles. The van der Waals surface area contributed by atoms with Crippen LogP contribution in [0.2, 0.25) is 0 Å². The van der Waals surface area contributed by atoms with E-state index in [-0.39, 0.29) is 6.61 Å². The number of ether oxygens (including phenoxy) is 1. The molecule has 0 aliphatic heterocycles. The van der Waals surface area contributed by atoms with E-state index in [2.05, 4.69) is 15.4 Å². The molecule has 0 spiro atoms. The number of rotatable bonds is 4. The van der Waals surface area contributed by atoms with Crippen molar-refractivity contribution in [3.63, 3.8) is 0 Å². The Balaban J connectivity index is 1.62. The highest BCUT2D eigenvalue weighted by Crippen LogP contribution is 2.19. The third-order valence-electron chi connectivity index (χ3n) is 2.97. The van der Waals surface area contributed by atoms with Gasteiger partial charge in [-0.1, -0.05) is 30.3 Å². The summed E-state index contributed by atoms with van der Waals surface area (Å²) in [4.78, 5) is 15.8. The number of aromatic nitrogens is 3. The first-order chi connectivity index (χ1) is 10.7. The molecule has 1 amide bonds. The number of oxazole rings is 1. The van der Waals surface area contributed by atoms with Gasteiger partial charge in [-0.05, 0) is 5.56 Å². The van der Waals surface area contributed by atoms with Crippen molar-refractivity contribution in [2.75, 3.05) is 5.32 Å². The zero-order valence-corrected chi connectivity index (χ0v) is 11.9. The average molecular weight is 298 g/mol. The number of hydrogen-bond donors (Lipinski definition) is 1. The first kappa shape index (κ1) is 13.9. The molecule has 1 N–H and O–H groups in total. The van der Waals surface area contributed by atoms with Gasteiger partial charge in [-0.2, -0.15) is 5.10 Å². The van der Waals surface area contributed by atoms with Gasteiger partial charge in [-0.15, -0.1) is 0 Å². The first-order valence-electron chi connectivity index (χ1n) is 6.64. The van der Waals surface area contributed by atoms with Gasteiger partial charge < -0.3 is 9.15 Å². The molecule has 0 unspecified atom stereocenters. The summed E-state index contributed by atoms with van der Waals surface area (Å²) in [6, 6.07) is 11.1. The van der Waals surface area contributed by atoms with Gasteiger partial charge in [0, 0.05) is 13.1 Å². The predicted molar refractivity (Wildman–Crippen MR) is 79.0 cm³/mol. The highest BCUT2D eigenvalue weighted by atomic mass is 16.5. The Morgan fingerprint density at radius 1 is 1.36 bits per heavy atom. The summed E-state index contributed by atoms with van der Waals surface area (Å²) in [6.07, 6.45) is 2.45. The fraction of sp³-hybridized carbons (Fsp3) is 0.133. The van der Waals surface area contributed by atoms with Crippen molar-refractivity contribution < 1.29 is 13.9 Å². The lowest BCUT2D eigenvalue weighted by Gasteiger charge is -2.06. The maximum Gasteiger partial charge on any atom is 0.413 e. The Kier molecular flexibility index (Phi) is 3.86. The number of anilines is 1. The highest BCUT2D eigenvalue weighted by Gasteiger charge is 2.13. The molecule has 0 saturated heterocycles. The van der Waals surface area contributed by atoms with E-state index in [4.69, 9.17) is 9.15 Å². The van der Waals surface area contributed by atoms with Gasteiger partial charge in [0.05, 0.1) is 6.20 Å². The van der Waals surface area contributed by atoms with E-state index >= 15 is 0 Å². The molecule has 0 radical (unpaired) electrons. The van der Waals surface area contributed by atoms with Gasteiger partial charge in [0.1, 0.15) is 24.4 Å². The number of hydrogen-bond acceptors (Lipinski definition) is 5. The van der Waals surface area contributed by atoms with Crippen LogP contribution in [0.15, 0.2) is 53.3 Å². The van der Waals surface area contributed by atoms with E-state index < -0.39 is 6.09 Å². The van der Waals surface area contributed by atoms with Crippen LogP contribution in [-0.4, -0.2) is 20.9 Å². The second-order valence-electron chi connectivity index (χ2n) is 4.56. The number of amides is 1. The molecule has 0 fully saturated rings. The topological polar surface area (TPSA) is 82.2 Å². The highest BCUT2D eigenvalue weighted by molar-refractivity contribution is 5.84. The van der Waals surface area contributed by atoms with Gasteiger partial charge >= 0.3 is 6.09 Å². The Morgan fingerprint density at radius 2 is 2.18 bits per heavy atom. The zero-order valence-electron chi connectivity index (χ0n) is 11.9. The molecule has 112 valence electrons. The summed E-state index contributed by atoms with van der Waals surface area (Å²) < 4.78 is 11.8. The first-order valence-corrected chi connectivity index (χ1v) is 6.64. The van der Waals surface area contributed by atoms with Crippen molar-refractivity contribution in [3.8, 4) is 11.6 Å². The predicted octanol–water partition coefficient (Wildman–Crippen LogP) is 2.82. The van der Waals surface area contributed by atoms with Crippen molar-refractivity contribution >= 4 is 11.9 Å². The molecule has 2 aromatic heterocycles. The van der Waals surface area contributed by atoms with Gasteiger partial charge in [0.15, 0.2) is 0 Å². The van der Waals surface area contributed by atoms with E-state index in [1.807, 2.05) is 30.3 Å². The Hall–Kier alpha value is -3.09. The van der Waals surface area contributed by atoms with Crippen LogP contribution in [0, 0.1) is 0 Å². The van der Waals surface area contributed by atoms with Gasteiger partial charge in [0.2, 0.25) is 5.89 Å². The smallest absolute Gasteiger partial charge is 0.413 e. The van der Waals surface area contributed by atoms with E-state index in [1.54, 1.807) is 13.1 Å². The average Bonchev–Trinajstić information content (AvgIpc) is 3.17. The molecule has 0 bridgehead atoms. The maximum absolute atomic E-state index is 11.8. The van der Waals surface area contributed by atoms with Crippen molar-refractivity contribution in [1.29, 1.82) is 0 Å². The minimum atomic E-state index is -0.550. The van der Waals surface area contributed by atoms with Crippen molar-refractivity contribution in [3.05, 3.63) is 54.4 Å². The van der Waals surface area contributed by atoms with E-state index in [0.717, 1.165) is 5.56 Å². The molecule has 0 atom stereocenters. The minimum absolute atomic E-state index is 0.205. The van der Waals surface area contributed by atoms with E-state index in [1.165, 1.54) is 17.1 Å². The van der Waals surface area contributed by atoms with Crippen LogP contribution in [0.5, 0.6) is 0 Å². The minimum Gasteiger partial charge on any atom is -0.444 e. The molecule has 2 heterocycles. The lowest BCUT2D eigenvalue weighted by atomic mass is 10.2. The van der Waals surface area contributed by atoms with E-state index in [9.17, 15) is 4.79 Å². The number of carbonyl (C=O) groups is 1. The SMILES string of the molecule is Cn1nc(-c2ncco2)cc1NC(=O)OCc1ccccc1. The fourth-order valence-corrected chi connectivity index (χ4v) is 1.90. The second-order valence-corrected chi connectivity index (χ2v) is 4.56. The van der Waals surface area contributed by atoms with Crippen LogP contribution < -0.4 is 5.32 Å². The van der Waals surface area contributed by atoms with Crippen LogP contribution in [0.25, 0.3) is 11.6 Å². The number of nitrogens with one attached hydrogen (secondary N) is 1. The molecular weight excluding hydrogens is 284 g/mol. The van der Waals surface area contributed by atoms with Crippen molar-refractivity contribution in [2.24, 2.45) is 7.05 Å². The lowest BCUT2D eigenvalue weighted by Crippen LogP contribution is -2.15. The lowest BCUT2D eigenvalue weighted by molar-refractivity contribution is 0.155. The number of carbonyl (C=O) groups excluding carboxylic acids is 1. The standard InChI is InChI=1S/C15H14N4O3/c1-19-13(9-12(18-19)14-16-7-8-21-14)17-15(20)22-10-11-5-3-2-4-6-11/h2-9H,10H2,1H3,(H,17,20). The van der Waals surface area contributed by atoms with Crippen molar-refractivity contribution in [1.82, 2.24) is 14.8 Å². The molecule has 0 saturated carbocycles. The summed E-state index contributed by atoms with van der Waals surface area (Å²) in [6.45, 7) is 0.205. The van der Waals surface area contributed by atoms with Crippen molar-refractivity contribution in [2.45, 2.75) is 6.61 Å². The molecule has 3 rings (SSSR count). The zero-order chi connectivity index (χ0) is 15.4. The van der Waals surface area contributed by atoms with Crippen LogP contribution in [0.4, 0.5) is 10.6 Å².